The summed E-state index contributed by atoms with van der Waals surface area (Å²) in [7, 11) is 0. The van der Waals surface area contributed by atoms with E-state index in [1.165, 1.54) is 0 Å². The fraction of sp³-hybridized carbons (Fsp3) is 0.200. The normalized spacial score (nSPS) is 14.5. The summed E-state index contributed by atoms with van der Waals surface area (Å²) in [6.45, 7) is 2.39. The number of nitrogens with zero attached hydrogens (tertiary/aromatic N) is 2. The Morgan fingerprint density at radius 3 is 2.68 bits per heavy atom. The summed E-state index contributed by atoms with van der Waals surface area (Å²) in [4.78, 5) is 14.6. The molecule has 1 aliphatic heterocycles. The third-order valence-corrected chi connectivity index (χ3v) is 4.42. The molecule has 1 amide bonds. The summed E-state index contributed by atoms with van der Waals surface area (Å²) in [5.74, 6) is -2.16. The predicted molar refractivity (Wildman–Crippen MR) is 103 cm³/mol. The Morgan fingerprint density at radius 2 is 1.96 bits per heavy atom. The maximum Gasteiger partial charge on any atom is 0.266 e. The number of carbonyl (C=O) groups excluding carboxylic acids is 1. The van der Waals surface area contributed by atoms with Crippen molar-refractivity contribution in [3.05, 3.63) is 64.2 Å². The minimum atomic E-state index is -0.747. The molecule has 2 aromatic rings. The first-order valence-corrected chi connectivity index (χ1v) is 8.86. The van der Waals surface area contributed by atoms with E-state index in [0.29, 0.717) is 37.0 Å². The molecule has 1 fully saturated rings. The first-order valence-electron chi connectivity index (χ1n) is 8.48. The van der Waals surface area contributed by atoms with Crippen LogP contribution >= 0.6 is 11.6 Å². The number of ether oxygens (including phenoxy) is 1. The molecule has 8 heteroatoms. The molecule has 1 N–H and O–H groups in total. The van der Waals surface area contributed by atoms with Gasteiger partial charge in [0.15, 0.2) is 0 Å². The van der Waals surface area contributed by atoms with Crippen molar-refractivity contribution in [3.63, 3.8) is 0 Å². The number of amides is 1. The molecule has 0 aliphatic carbocycles. The summed E-state index contributed by atoms with van der Waals surface area (Å²) in [6.07, 6.45) is 1.01. The van der Waals surface area contributed by atoms with E-state index in [-0.39, 0.29) is 11.1 Å². The van der Waals surface area contributed by atoms with Crippen LogP contribution in [-0.4, -0.2) is 32.2 Å². The second-order valence-electron chi connectivity index (χ2n) is 6.05. The van der Waals surface area contributed by atoms with Crippen molar-refractivity contribution >= 4 is 35.0 Å². The molecule has 3 rings (SSSR count). The van der Waals surface area contributed by atoms with E-state index in [9.17, 15) is 18.8 Å². The van der Waals surface area contributed by atoms with Crippen LogP contribution in [0, 0.1) is 23.0 Å². The number of benzene rings is 2. The van der Waals surface area contributed by atoms with Crippen LogP contribution in [0.5, 0.6) is 0 Å². The lowest BCUT2D eigenvalue weighted by atomic mass is 10.1. The van der Waals surface area contributed by atoms with Crippen LogP contribution in [0.25, 0.3) is 6.08 Å². The summed E-state index contributed by atoms with van der Waals surface area (Å²) >= 11 is 6.06. The Bertz CT molecular complexity index is 966. The molecule has 1 heterocycles. The number of anilines is 2. The third-order valence-electron chi connectivity index (χ3n) is 4.18. The topological polar surface area (TPSA) is 65.4 Å². The molecule has 28 heavy (non-hydrogen) atoms. The van der Waals surface area contributed by atoms with Gasteiger partial charge in [-0.05, 0) is 42.5 Å². The maximum absolute atomic E-state index is 13.8. The molecule has 0 bridgehead atoms. The lowest BCUT2D eigenvalue weighted by Crippen LogP contribution is -2.36. The molecule has 0 aromatic heterocycles. The highest BCUT2D eigenvalue weighted by atomic mass is 35.5. The highest BCUT2D eigenvalue weighted by Crippen LogP contribution is 2.30. The molecule has 0 unspecified atom stereocenters. The van der Waals surface area contributed by atoms with Crippen LogP contribution in [0.15, 0.2) is 42.0 Å². The van der Waals surface area contributed by atoms with Gasteiger partial charge in [-0.25, -0.2) is 8.78 Å². The lowest BCUT2D eigenvalue weighted by molar-refractivity contribution is -0.112. The Kier molecular flexibility index (Phi) is 6.24. The van der Waals surface area contributed by atoms with E-state index in [0.717, 1.165) is 30.0 Å². The van der Waals surface area contributed by atoms with Gasteiger partial charge in [0.2, 0.25) is 0 Å². The summed E-state index contributed by atoms with van der Waals surface area (Å²) < 4.78 is 32.5. The van der Waals surface area contributed by atoms with E-state index in [4.69, 9.17) is 16.3 Å². The molecule has 0 spiro atoms. The van der Waals surface area contributed by atoms with Gasteiger partial charge < -0.3 is 15.0 Å². The average Bonchev–Trinajstić information content (AvgIpc) is 2.69. The van der Waals surface area contributed by atoms with Gasteiger partial charge in [0.05, 0.1) is 24.6 Å². The van der Waals surface area contributed by atoms with Crippen LogP contribution in [0.4, 0.5) is 20.2 Å². The van der Waals surface area contributed by atoms with Crippen LogP contribution < -0.4 is 10.2 Å². The zero-order chi connectivity index (χ0) is 20.1. The summed E-state index contributed by atoms with van der Waals surface area (Å²) in [6, 6.07) is 9.57. The van der Waals surface area contributed by atoms with Gasteiger partial charge in [-0.15, -0.1) is 0 Å². The Morgan fingerprint density at radius 1 is 1.21 bits per heavy atom. The number of rotatable bonds is 4. The number of nitriles is 1. The molecule has 144 valence electrons. The van der Waals surface area contributed by atoms with Crippen molar-refractivity contribution in [2.75, 3.05) is 36.5 Å². The number of halogens is 3. The number of carbonyl (C=O) groups is 1. The molecule has 2 aromatic carbocycles. The summed E-state index contributed by atoms with van der Waals surface area (Å²) in [5.41, 5.74) is 0.596. The van der Waals surface area contributed by atoms with Gasteiger partial charge in [0.1, 0.15) is 23.3 Å². The van der Waals surface area contributed by atoms with Crippen molar-refractivity contribution in [2.45, 2.75) is 0 Å². The van der Waals surface area contributed by atoms with Crippen molar-refractivity contribution in [2.24, 2.45) is 0 Å². The van der Waals surface area contributed by atoms with Gasteiger partial charge >= 0.3 is 0 Å². The van der Waals surface area contributed by atoms with E-state index >= 15 is 0 Å². The van der Waals surface area contributed by atoms with E-state index in [1.54, 1.807) is 24.3 Å². The average molecular weight is 404 g/mol. The summed E-state index contributed by atoms with van der Waals surface area (Å²) in [5, 5.41) is 12.4. The standard InChI is InChI=1S/C20H16ClF2N3O2/c21-15-1-4-19(26-5-7-28-8-6-26)18(11-15)25-20(27)14(12-24)9-13-10-16(22)2-3-17(13)23/h1-4,9-11H,5-8H2,(H,25,27). The van der Waals surface area contributed by atoms with Gasteiger partial charge in [0.25, 0.3) is 5.91 Å². The molecule has 1 saturated heterocycles. The van der Waals surface area contributed by atoms with Gasteiger partial charge in [-0.2, -0.15) is 5.26 Å². The zero-order valence-electron chi connectivity index (χ0n) is 14.7. The van der Waals surface area contributed by atoms with E-state index in [1.807, 2.05) is 4.90 Å². The molecule has 0 saturated carbocycles. The van der Waals surface area contributed by atoms with Crippen LogP contribution in [0.3, 0.4) is 0 Å². The number of hydrogen-bond acceptors (Lipinski definition) is 4. The van der Waals surface area contributed by atoms with Gasteiger partial charge in [-0.3, -0.25) is 4.79 Å². The van der Waals surface area contributed by atoms with Crippen LogP contribution in [0.1, 0.15) is 5.56 Å². The third kappa shape index (κ3) is 4.66. The minimum Gasteiger partial charge on any atom is -0.378 e. The number of hydrogen-bond donors (Lipinski definition) is 1. The van der Waals surface area contributed by atoms with Crippen molar-refractivity contribution in [1.82, 2.24) is 0 Å². The first-order chi connectivity index (χ1) is 13.5. The molecular weight excluding hydrogens is 388 g/mol. The van der Waals surface area contributed by atoms with Crippen molar-refractivity contribution < 1.29 is 18.3 Å². The minimum absolute atomic E-state index is 0.189. The maximum atomic E-state index is 13.8. The number of morpholine rings is 1. The van der Waals surface area contributed by atoms with Gasteiger partial charge in [0, 0.05) is 23.7 Å². The quantitative estimate of drug-likeness (QED) is 0.619. The number of nitrogens with one attached hydrogen (secondary N) is 1. The van der Waals surface area contributed by atoms with Crippen molar-refractivity contribution in [3.8, 4) is 6.07 Å². The highest BCUT2D eigenvalue weighted by Gasteiger charge is 2.18. The van der Waals surface area contributed by atoms with Crippen LogP contribution in [-0.2, 0) is 9.53 Å². The molecular formula is C20H16ClF2N3O2. The second-order valence-corrected chi connectivity index (χ2v) is 6.49. The monoisotopic (exact) mass is 403 g/mol. The fourth-order valence-electron chi connectivity index (χ4n) is 2.81. The Labute approximate surface area is 165 Å². The molecule has 0 atom stereocenters. The molecule has 0 radical (unpaired) electrons. The van der Waals surface area contributed by atoms with Crippen molar-refractivity contribution in [1.29, 1.82) is 5.26 Å². The Balaban J connectivity index is 1.89. The predicted octanol–water partition coefficient (Wildman–Crippen LogP) is 4.00. The first kappa shape index (κ1) is 19.8. The van der Waals surface area contributed by atoms with Crippen LogP contribution in [0.2, 0.25) is 5.02 Å². The lowest BCUT2D eigenvalue weighted by Gasteiger charge is -2.30. The molecule has 1 aliphatic rings. The Hall–Kier alpha value is -2.95. The smallest absolute Gasteiger partial charge is 0.266 e. The zero-order valence-corrected chi connectivity index (χ0v) is 15.5. The second kappa shape index (κ2) is 8.83. The molecule has 5 nitrogen and oxygen atoms in total. The van der Waals surface area contributed by atoms with Gasteiger partial charge in [-0.1, -0.05) is 11.6 Å². The van der Waals surface area contributed by atoms with E-state index in [2.05, 4.69) is 5.32 Å². The SMILES string of the molecule is N#CC(=Cc1cc(F)ccc1F)C(=O)Nc1cc(Cl)ccc1N1CCOCC1. The fourth-order valence-corrected chi connectivity index (χ4v) is 2.98. The van der Waals surface area contributed by atoms with E-state index < -0.39 is 17.5 Å². The highest BCUT2D eigenvalue weighted by molar-refractivity contribution is 6.31. The largest absolute Gasteiger partial charge is 0.378 e.